The SMILES string of the molecule is CC1=C(CCN2CCN(C)CC2)CCc2cc(NC(=O)N3CCC(c4ccc(Cl)cc4)CC3)ccc21. The van der Waals surface area contributed by atoms with Gasteiger partial charge >= 0.3 is 6.03 Å². The van der Waals surface area contributed by atoms with Gasteiger partial charge in [0.25, 0.3) is 0 Å². The summed E-state index contributed by atoms with van der Waals surface area (Å²) in [6.45, 7) is 9.72. The van der Waals surface area contributed by atoms with Crippen molar-refractivity contribution in [1.29, 1.82) is 0 Å². The third-order valence-corrected chi connectivity index (χ3v) is 8.69. The molecule has 2 aromatic rings. The number of aryl methyl sites for hydroxylation is 1. The number of halogens is 1. The summed E-state index contributed by atoms with van der Waals surface area (Å²) in [4.78, 5) is 19.9. The molecule has 3 aliphatic rings. The molecule has 192 valence electrons. The first kappa shape index (κ1) is 25.3. The van der Waals surface area contributed by atoms with Crippen LogP contribution >= 0.6 is 11.6 Å². The van der Waals surface area contributed by atoms with Crippen molar-refractivity contribution in [1.82, 2.24) is 14.7 Å². The predicted molar refractivity (Wildman–Crippen MR) is 150 cm³/mol. The lowest BCUT2D eigenvalue weighted by Gasteiger charge is -2.33. The zero-order valence-corrected chi connectivity index (χ0v) is 22.5. The van der Waals surface area contributed by atoms with E-state index in [1.54, 1.807) is 5.57 Å². The Hall–Kier alpha value is -2.34. The minimum Gasteiger partial charge on any atom is -0.324 e. The number of carbonyl (C=O) groups excluding carboxylic acids is 1. The second kappa shape index (κ2) is 11.4. The van der Waals surface area contributed by atoms with Gasteiger partial charge in [0.05, 0.1) is 0 Å². The quantitative estimate of drug-likeness (QED) is 0.531. The Morgan fingerprint density at radius 2 is 1.69 bits per heavy atom. The van der Waals surface area contributed by atoms with Gasteiger partial charge in [-0.05, 0) is 98.5 Å². The molecule has 5 nitrogen and oxygen atoms in total. The molecular weight excluding hydrogens is 468 g/mol. The fourth-order valence-corrected chi connectivity index (χ4v) is 6.06. The lowest BCUT2D eigenvalue weighted by molar-refractivity contribution is 0.155. The maximum atomic E-state index is 13.0. The van der Waals surface area contributed by atoms with Crippen molar-refractivity contribution in [2.24, 2.45) is 0 Å². The van der Waals surface area contributed by atoms with Gasteiger partial charge in [0.15, 0.2) is 0 Å². The number of carbonyl (C=O) groups is 1. The Labute approximate surface area is 221 Å². The molecule has 2 fully saturated rings. The van der Waals surface area contributed by atoms with Gasteiger partial charge in [-0.2, -0.15) is 0 Å². The first-order chi connectivity index (χ1) is 17.5. The first-order valence-electron chi connectivity index (χ1n) is 13.5. The van der Waals surface area contributed by atoms with Crippen LogP contribution in [-0.2, 0) is 6.42 Å². The highest BCUT2D eigenvalue weighted by Gasteiger charge is 2.24. The Morgan fingerprint density at radius 1 is 0.972 bits per heavy atom. The molecule has 0 atom stereocenters. The number of amides is 2. The van der Waals surface area contributed by atoms with Crippen molar-refractivity contribution in [3.05, 3.63) is 69.8 Å². The van der Waals surface area contributed by atoms with Crippen molar-refractivity contribution in [3.8, 4) is 0 Å². The number of urea groups is 1. The lowest BCUT2D eigenvalue weighted by Crippen LogP contribution is -2.44. The van der Waals surface area contributed by atoms with Gasteiger partial charge < -0.3 is 20.0 Å². The molecule has 5 rings (SSSR count). The highest BCUT2D eigenvalue weighted by atomic mass is 35.5. The normalized spacial score (nSPS) is 19.9. The molecule has 0 saturated carbocycles. The van der Waals surface area contributed by atoms with Gasteiger partial charge in [-0.1, -0.05) is 35.4 Å². The van der Waals surface area contributed by atoms with E-state index in [1.165, 1.54) is 61.4 Å². The predicted octanol–water partition coefficient (Wildman–Crippen LogP) is 6.11. The Morgan fingerprint density at radius 3 is 2.42 bits per heavy atom. The Kier molecular flexibility index (Phi) is 8.00. The molecule has 1 N–H and O–H groups in total. The average molecular weight is 507 g/mol. The molecule has 2 aliphatic heterocycles. The van der Waals surface area contributed by atoms with E-state index in [0.717, 1.165) is 49.5 Å². The molecule has 0 bridgehead atoms. The van der Waals surface area contributed by atoms with Gasteiger partial charge in [-0.25, -0.2) is 4.79 Å². The highest BCUT2D eigenvalue weighted by Crippen LogP contribution is 2.35. The van der Waals surface area contributed by atoms with Crippen LogP contribution in [0.25, 0.3) is 5.57 Å². The summed E-state index contributed by atoms with van der Waals surface area (Å²) in [5.41, 5.74) is 7.98. The number of nitrogens with zero attached hydrogens (tertiary/aromatic N) is 3. The fraction of sp³-hybridized carbons (Fsp3) is 0.500. The maximum Gasteiger partial charge on any atom is 0.321 e. The summed E-state index contributed by atoms with van der Waals surface area (Å²) in [6.07, 6.45) is 5.32. The summed E-state index contributed by atoms with van der Waals surface area (Å²) in [5, 5.41) is 3.94. The first-order valence-corrected chi connectivity index (χ1v) is 13.9. The largest absolute Gasteiger partial charge is 0.324 e. The summed E-state index contributed by atoms with van der Waals surface area (Å²) in [5.74, 6) is 0.496. The zero-order chi connectivity index (χ0) is 25.1. The molecule has 0 radical (unpaired) electrons. The van der Waals surface area contributed by atoms with Gasteiger partial charge in [0, 0.05) is 56.5 Å². The van der Waals surface area contributed by atoms with Crippen molar-refractivity contribution in [2.75, 3.05) is 58.2 Å². The third-order valence-electron chi connectivity index (χ3n) is 8.44. The number of rotatable bonds is 5. The summed E-state index contributed by atoms with van der Waals surface area (Å²) < 4.78 is 0. The number of nitrogens with one attached hydrogen (secondary N) is 1. The number of hydrogen-bond donors (Lipinski definition) is 1. The summed E-state index contributed by atoms with van der Waals surface area (Å²) in [6, 6.07) is 14.6. The van der Waals surface area contributed by atoms with Crippen molar-refractivity contribution in [3.63, 3.8) is 0 Å². The van der Waals surface area contributed by atoms with Crippen LogP contribution in [0.3, 0.4) is 0 Å². The summed E-state index contributed by atoms with van der Waals surface area (Å²) in [7, 11) is 2.21. The molecule has 2 aromatic carbocycles. The lowest BCUT2D eigenvalue weighted by atomic mass is 9.84. The number of hydrogen-bond acceptors (Lipinski definition) is 3. The van der Waals surface area contributed by atoms with Crippen LogP contribution in [-0.4, -0.2) is 73.6 Å². The number of benzene rings is 2. The zero-order valence-electron chi connectivity index (χ0n) is 21.7. The molecule has 0 aromatic heterocycles. The molecule has 2 heterocycles. The van der Waals surface area contributed by atoms with E-state index in [-0.39, 0.29) is 6.03 Å². The molecule has 6 heteroatoms. The van der Waals surface area contributed by atoms with Crippen LogP contribution < -0.4 is 5.32 Å². The third kappa shape index (κ3) is 5.96. The number of anilines is 1. The van der Waals surface area contributed by atoms with Gasteiger partial charge in [-0.15, -0.1) is 0 Å². The standard InChI is InChI=1S/C30H39ClN4O/c1-22-23(11-14-34-19-17-33(2)18-20-34)3-4-26-21-28(9-10-29(22)26)32-30(36)35-15-12-25(13-16-35)24-5-7-27(31)8-6-24/h5-10,21,25H,3-4,11-20H2,1-2H3,(H,32,36). The van der Waals surface area contributed by atoms with Gasteiger partial charge in [0.2, 0.25) is 0 Å². The smallest absolute Gasteiger partial charge is 0.321 e. The van der Waals surface area contributed by atoms with Gasteiger partial charge in [0.1, 0.15) is 0 Å². The van der Waals surface area contributed by atoms with Crippen LogP contribution in [0.15, 0.2) is 48.0 Å². The van der Waals surface area contributed by atoms with Crippen LogP contribution in [0.5, 0.6) is 0 Å². The minimum absolute atomic E-state index is 0.0143. The van der Waals surface area contributed by atoms with Crippen LogP contribution in [0.4, 0.5) is 10.5 Å². The topological polar surface area (TPSA) is 38.8 Å². The van der Waals surface area contributed by atoms with Crippen LogP contribution in [0, 0.1) is 0 Å². The average Bonchev–Trinajstić information content (AvgIpc) is 2.90. The van der Waals surface area contributed by atoms with E-state index in [4.69, 9.17) is 11.6 Å². The number of likely N-dealkylation sites (N-methyl/N-ethyl adjacent to an activating group) is 1. The van der Waals surface area contributed by atoms with Crippen molar-refractivity contribution >= 4 is 28.9 Å². The second-order valence-corrected chi connectivity index (χ2v) is 11.2. The van der Waals surface area contributed by atoms with Crippen LogP contribution in [0.1, 0.15) is 55.2 Å². The van der Waals surface area contributed by atoms with Gasteiger partial charge in [-0.3, -0.25) is 0 Å². The monoisotopic (exact) mass is 506 g/mol. The number of fused-ring (bicyclic) bond motifs is 1. The van der Waals surface area contributed by atoms with E-state index in [1.807, 2.05) is 17.0 Å². The van der Waals surface area contributed by atoms with Crippen LogP contribution in [0.2, 0.25) is 5.02 Å². The molecule has 0 spiro atoms. The molecular formula is C30H39ClN4O. The molecule has 2 saturated heterocycles. The van der Waals surface area contributed by atoms with E-state index in [0.29, 0.717) is 5.92 Å². The molecule has 1 aliphatic carbocycles. The second-order valence-electron chi connectivity index (χ2n) is 10.7. The van der Waals surface area contributed by atoms with E-state index < -0.39 is 0 Å². The fourth-order valence-electron chi connectivity index (χ4n) is 5.94. The summed E-state index contributed by atoms with van der Waals surface area (Å²) >= 11 is 6.03. The molecule has 36 heavy (non-hydrogen) atoms. The molecule has 0 unspecified atom stereocenters. The number of allylic oxidation sites excluding steroid dienone is 1. The molecule has 2 amide bonds. The number of piperazine rings is 1. The number of likely N-dealkylation sites (tertiary alicyclic amines) is 1. The Balaban J connectivity index is 1.15. The minimum atomic E-state index is 0.0143. The maximum absolute atomic E-state index is 13.0. The van der Waals surface area contributed by atoms with Crippen molar-refractivity contribution < 1.29 is 4.79 Å². The number of piperidine rings is 1. The van der Waals surface area contributed by atoms with E-state index >= 15 is 0 Å². The van der Waals surface area contributed by atoms with E-state index in [9.17, 15) is 4.79 Å². The van der Waals surface area contributed by atoms with Crippen molar-refractivity contribution in [2.45, 2.75) is 44.9 Å². The highest BCUT2D eigenvalue weighted by molar-refractivity contribution is 6.30. The van der Waals surface area contributed by atoms with E-state index in [2.05, 4.69) is 59.4 Å². The Bertz CT molecular complexity index is 1100.